The van der Waals surface area contributed by atoms with Gasteiger partial charge in [0.15, 0.2) is 0 Å². The Balaban J connectivity index is 2.29. The molecule has 1 atom stereocenters. The van der Waals surface area contributed by atoms with E-state index in [1.165, 1.54) is 0 Å². The van der Waals surface area contributed by atoms with Crippen molar-refractivity contribution in [2.24, 2.45) is 0 Å². The summed E-state index contributed by atoms with van der Waals surface area (Å²) in [5.41, 5.74) is -0.653. The van der Waals surface area contributed by atoms with E-state index in [2.05, 4.69) is 11.2 Å². The van der Waals surface area contributed by atoms with Crippen LogP contribution in [0, 0.1) is 12.3 Å². The predicted octanol–water partition coefficient (Wildman–Crippen LogP) is 0.669. The molecule has 92 valence electrons. The van der Waals surface area contributed by atoms with Gasteiger partial charge in [-0.05, 0) is 19.3 Å². The minimum absolute atomic E-state index is 0.0133. The molecule has 0 radical (unpaired) electrons. The second-order valence-electron chi connectivity index (χ2n) is 4.84. The minimum atomic E-state index is -0.653. The van der Waals surface area contributed by atoms with Crippen LogP contribution in [0.3, 0.4) is 0 Å². The molecule has 1 unspecified atom stereocenters. The molecule has 1 heterocycles. The molecular weight excluding hydrogens is 216 g/mol. The number of nitrogens with zero attached hydrogens (tertiary/aromatic N) is 1. The van der Waals surface area contributed by atoms with E-state index in [0.29, 0.717) is 6.42 Å². The lowest BCUT2D eigenvalue weighted by Gasteiger charge is -2.43. The van der Waals surface area contributed by atoms with Crippen LogP contribution in [-0.4, -0.2) is 34.8 Å². The zero-order chi connectivity index (χ0) is 12.5. The number of hydrogen-bond acceptors (Lipinski definition) is 2. The van der Waals surface area contributed by atoms with E-state index in [0.717, 1.165) is 25.7 Å². The Hall–Kier alpha value is -1.50. The molecule has 2 amide bonds. The van der Waals surface area contributed by atoms with E-state index >= 15 is 0 Å². The molecule has 0 aromatic carbocycles. The maximum atomic E-state index is 12.5. The van der Waals surface area contributed by atoms with Crippen LogP contribution >= 0.6 is 0 Å². The van der Waals surface area contributed by atoms with Crippen LogP contribution in [0.1, 0.15) is 39.0 Å². The maximum Gasteiger partial charge on any atom is 0.249 e. The number of carbonyl (C=O) groups excluding carboxylic acids is 2. The third-order valence-corrected chi connectivity index (χ3v) is 3.82. The molecule has 4 heteroatoms. The van der Waals surface area contributed by atoms with Crippen molar-refractivity contribution < 1.29 is 9.59 Å². The fourth-order valence-corrected chi connectivity index (χ4v) is 2.93. The second-order valence-corrected chi connectivity index (χ2v) is 4.84. The third kappa shape index (κ3) is 1.80. The highest BCUT2D eigenvalue weighted by Gasteiger charge is 2.51. The number of piperazine rings is 1. The molecule has 0 aromatic heterocycles. The predicted molar refractivity (Wildman–Crippen MR) is 64.0 cm³/mol. The highest BCUT2D eigenvalue weighted by Crippen LogP contribution is 2.34. The summed E-state index contributed by atoms with van der Waals surface area (Å²) in [5.74, 6) is 2.45. The van der Waals surface area contributed by atoms with Crippen LogP contribution in [0.4, 0.5) is 0 Å². The number of rotatable bonds is 2. The summed E-state index contributed by atoms with van der Waals surface area (Å²) in [7, 11) is 0. The summed E-state index contributed by atoms with van der Waals surface area (Å²) in [6.45, 7) is 2.13. The Morgan fingerprint density at radius 1 is 1.47 bits per heavy atom. The monoisotopic (exact) mass is 234 g/mol. The van der Waals surface area contributed by atoms with Gasteiger partial charge in [-0.15, -0.1) is 6.42 Å². The van der Waals surface area contributed by atoms with Crippen LogP contribution in [0.25, 0.3) is 0 Å². The van der Waals surface area contributed by atoms with E-state index in [1.807, 2.05) is 6.92 Å². The van der Waals surface area contributed by atoms with Gasteiger partial charge in [0.25, 0.3) is 0 Å². The first-order valence-corrected chi connectivity index (χ1v) is 6.21. The van der Waals surface area contributed by atoms with Gasteiger partial charge in [0.05, 0.1) is 6.54 Å². The Labute approximate surface area is 102 Å². The summed E-state index contributed by atoms with van der Waals surface area (Å²) in [5, 5.41) is 2.93. The molecule has 0 aromatic rings. The summed E-state index contributed by atoms with van der Waals surface area (Å²) in [4.78, 5) is 26.1. The smallest absolute Gasteiger partial charge is 0.249 e. The maximum absolute atomic E-state index is 12.5. The first-order valence-electron chi connectivity index (χ1n) is 6.21. The highest BCUT2D eigenvalue weighted by molar-refractivity contribution is 6.00. The number of carbonyl (C=O) groups is 2. The molecule has 1 aliphatic heterocycles. The Morgan fingerprint density at radius 3 is 2.65 bits per heavy atom. The Kier molecular flexibility index (Phi) is 3.10. The van der Waals surface area contributed by atoms with Crippen molar-refractivity contribution in [2.45, 2.75) is 50.6 Å². The fraction of sp³-hybridized carbons (Fsp3) is 0.692. The van der Waals surface area contributed by atoms with Crippen molar-refractivity contribution >= 4 is 11.8 Å². The lowest BCUT2D eigenvalue weighted by molar-refractivity contribution is -0.154. The second kappa shape index (κ2) is 4.40. The van der Waals surface area contributed by atoms with Crippen molar-refractivity contribution in [3.05, 3.63) is 0 Å². The lowest BCUT2D eigenvalue weighted by Crippen LogP contribution is -2.69. The average Bonchev–Trinajstić information content (AvgIpc) is 2.76. The zero-order valence-electron chi connectivity index (χ0n) is 10.2. The van der Waals surface area contributed by atoms with Gasteiger partial charge in [0.2, 0.25) is 11.8 Å². The molecule has 1 spiro atoms. The van der Waals surface area contributed by atoms with E-state index in [-0.39, 0.29) is 18.4 Å². The molecule has 1 aliphatic carbocycles. The van der Waals surface area contributed by atoms with E-state index in [1.54, 1.807) is 4.90 Å². The topological polar surface area (TPSA) is 49.4 Å². The SMILES string of the molecule is C#CCN1C(=O)C2(CCCC2)NC(=O)C1CC. The standard InChI is InChI=1S/C13H18N2O2/c1-3-9-15-10(4-2)11(16)14-13(12(15)17)7-5-6-8-13/h1,10H,4-9H2,2H3,(H,14,16). The minimum Gasteiger partial charge on any atom is -0.340 e. The van der Waals surface area contributed by atoms with Gasteiger partial charge in [-0.2, -0.15) is 0 Å². The van der Waals surface area contributed by atoms with E-state index in [4.69, 9.17) is 6.42 Å². The van der Waals surface area contributed by atoms with Crippen LogP contribution in [-0.2, 0) is 9.59 Å². The van der Waals surface area contributed by atoms with Crippen molar-refractivity contribution in [3.8, 4) is 12.3 Å². The first-order chi connectivity index (χ1) is 8.14. The molecule has 2 fully saturated rings. The van der Waals surface area contributed by atoms with Crippen LogP contribution < -0.4 is 5.32 Å². The molecule has 1 N–H and O–H groups in total. The summed E-state index contributed by atoms with van der Waals surface area (Å²) >= 11 is 0. The number of hydrogen-bond donors (Lipinski definition) is 1. The molecule has 0 bridgehead atoms. The molecule has 2 rings (SSSR count). The fourth-order valence-electron chi connectivity index (χ4n) is 2.93. The molecular formula is C13H18N2O2. The Bertz CT molecular complexity index is 377. The number of amides is 2. The molecule has 2 aliphatic rings. The van der Waals surface area contributed by atoms with Crippen LogP contribution in [0.2, 0.25) is 0 Å². The van der Waals surface area contributed by atoms with Gasteiger partial charge in [0, 0.05) is 0 Å². The lowest BCUT2D eigenvalue weighted by atomic mass is 9.90. The van der Waals surface area contributed by atoms with Crippen molar-refractivity contribution in [2.75, 3.05) is 6.54 Å². The third-order valence-electron chi connectivity index (χ3n) is 3.82. The van der Waals surface area contributed by atoms with Crippen LogP contribution in [0.15, 0.2) is 0 Å². The quantitative estimate of drug-likeness (QED) is 0.714. The largest absolute Gasteiger partial charge is 0.340 e. The van der Waals surface area contributed by atoms with Gasteiger partial charge in [0.1, 0.15) is 11.6 Å². The first kappa shape index (κ1) is 12.0. The molecule has 1 saturated carbocycles. The normalized spacial score (nSPS) is 27.1. The van der Waals surface area contributed by atoms with Crippen molar-refractivity contribution in [1.82, 2.24) is 10.2 Å². The van der Waals surface area contributed by atoms with E-state index in [9.17, 15) is 9.59 Å². The van der Waals surface area contributed by atoms with Gasteiger partial charge in [-0.25, -0.2) is 0 Å². The van der Waals surface area contributed by atoms with Crippen molar-refractivity contribution in [1.29, 1.82) is 0 Å². The summed E-state index contributed by atoms with van der Waals surface area (Å²) < 4.78 is 0. The van der Waals surface area contributed by atoms with Crippen molar-refractivity contribution in [3.63, 3.8) is 0 Å². The molecule has 1 saturated heterocycles. The van der Waals surface area contributed by atoms with Gasteiger partial charge >= 0.3 is 0 Å². The zero-order valence-corrected chi connectivity index (χ0v) is 10.2. The average molecular weight is 234 g/mol. The summed E-state index contributed by atoms with van der Waals surface area (Å²) in [6, 6.07) is -0.398. The number of terminal acetylenes is 1. The van der Waals surface area contributed by atoms with Gasteiger partial charge in [-0.1, -0.05) is 25.7 Å². The highest BCUT2D eigenvalue weighted by atomic mass is 16.2. The summed E-state index contributed by atoms with van der Waals surface area (Å²) in [6.07, 6.45) is 9.38. The van der Waals surface area contributed by atoms with Gasteiger partial charge < -0.3 is 10.2 Å². The molecule has 4 nitrogen and oxygen atoms in total. The van der Waals surface area contributed by atoms with Gasteiger partial charge in [-0.3, -0.25) is 9.59 Å². The molecule has 17 heavy (non-hydrogen) atoms. The van der Waals surface area contributed by atoms with Crippen LogP contribution in [0.5, 0.6) is 0 Å². The Morgan fingerprint density at radius 2 is 2.12 bits per heavy atom. The van der Waals surface area contributed by atoms with E-state index < -0.39 is 11.6 Å². The number of nitrogens with one attached hydrogen (secondary N) is 1.